The predicted octanol–water partition coefficient (Wildman–Crippen LogP) is 4.82. The zero-order chi connectivity index (χ0) is 17.5. The van der Waals surface area contributed by atoms with Crippen molar-refractivity contribution >= 4 is 50.3 Å². The van der Waals surface area contributed by atoms with Gasteiger partial charge in [-0.15, -0.1) is 0 Å². The molecule has 2 aromatic rings. The van der Waals surface area contributed by atoms with Gasteiger partial charge in [-0.05, 0) is 77.9 Å². The van der Waals surface area contributed by atoms with E-state index in [1.807, 2.05) is 12.1 Å². The van der Waals surface area contributed by atoms with Crippen LogP contribution >= 0.6 is 38.5 Å². The number of benzene rings is 2. The van der Waals surface area contributed by atoms with Gasteiger partial charge in [0, 0.05) is 25.9 Å². The van der Waals surface area contributed by atoms with Crippen LogP contribution in [0.5, 0.6) is 5.75 Å². The standard InChI is InChI=1S/C17H17BrINO4/c18-11-3-6-13(7-4-11)20-17(23)24-16(2-1-9-21)14-10-12(19)5-8-15(14)22/h3-8,10,16,21-22H,1-2,9H2,(H,20,23)/t16-/m1/s1. The van der Waals surface area contributed by atoms with Crippen LogP contribution < -0.4 is 5.32 Å². The minimum atomic E-state index is -0.637. The van der Waals surface area contributed by atoms with E-state index in [4.69, 9.17) is 9.84 Å². The van der Waals surface area contributed by atoms with E-state index in [9.17, 15) is 9.90 Å². The third kappa shape index (κ3) is 5.64. The zero-order valence-corrected chi connectivity index (χ0v) is 16.5. The Labute approximate surface area is 162 Å². The second-order valence-electron chi connectivity index (χ2n) is 5.09. The lowest BCUT2D eigenvalue weighted by molar-refractivity contribution is 0.0979. The molecule has 0 heterocycles. The number of phenols is 1. The normalized spacial score (nSPS) is 11.8. The van der Waals surface area contributed by atoms with Crippen LogP contribution in [0.15, 0.2) is 46.9 Å². The number of halogens is 2. The summed E-state index contributed by atoms with van der Waals surface area (Å²) in [5.41, 5.74) is 1.14. The van der Waals surface area contributed by atoms with Crippen molar-refractivity contribution in [2.75, 3.05) is 11.9 Å². The number of amides is 1. The molecule has 0 radical (unpaired) electrons. The van der Waals surface area contributed by atoms with Crippen LogP contribution in [0.1, 0.15) is 24.5 Å². The Morgan fingerprint density at radius 1 is 1.25 bits per heavy atom. The summed E-state index contributed by atoms with van der Waals surface area (Å²) < 4.78 is 7.30. The van der Waals surface area contributed by atoms with Crippen LogP contribution in [-0.4, -0.2) is 22.9 Å². The van der Waals surface area contributed by atoms with Gasteiger partial charge in [-0.2, -0.15) is 0 Å². The number of aliphatic hydroxyl groups excluding tert-OH is 1. The predicted molar refractivity (Wildman–Crippen MR) is 104 cm³/mol. The van der Waals surface area contributed by atoms with Crippen LogP contribution in [0, 0.1) is 3.57 Å². The molecule has 7 heteroatoms. The number of aliphatic hydroxyl groups is 1. The molecule has 2 rings (SSSR count). The fourth-order valence-electron chi connectivity index (χ4n) is 2.15. The van der Waals surface area contributed by atoms with E-state index < -0.39 is 12.2 Å². The van der Waals surface area contributed by atoms with Crippen LogP contribution in [0.25, 0.3) is 0 Å². The van der Waals surface area contributed by atoms with Crippen LogP contribution in [0.3, 0.4) is 0 Å². The first kappa shape index (κ1) is 19.0. The van der Waals surface area contributed by atoms with E-state index in [1.54, 1.807) is 30.3 Å². The highest BCUT2D eigenvalue weighted by atomic mass is 127. The van der Waals surface area contributed by atoms with Gasteiger partial charge in [-0.1, -0.05) is 15.9 Å². The number of hydrogen-bond acceptors (Lipinski definition) is 4. The molecule has 128 valence electrons. The molecule has 0 fully saturated rings. The summed E-state index contributed by atoms with van der Waals surface area (Å²) in [6.45, 7) is -0.0150. The molecule has 0 aliphatic rings. The minimum Gasteiger partial charge on any atom is -0.508 e. The number of carbonyl (C=O) groups is 1. The van der Waals surface area contributed by atoms with Crippen molar-refractivity contribution in [1.29, 1.82) is 0 Å². The Balaban J connectivity index is 2.11. The van der Waals surface area contributed by atoms with Crippen molar-refractivity contribution in [1.82, 2.24) is 0 Å². The van der Waals surface area contributed by atoms with Gasteiger partial charge in [-0.25, -0.2) is 4.79 Å². The van der Waals surface area contributed by atoms with E-state index in [1.165, 1.54) is 0 Å². The summed E-state index contributed by atoms with van der Waals surface area (Å²) in [6.07, 6.45) is -0.375. The molecule has 0 saturated heterocycles. The molecular formula is C17H17BrINO4. The van der Waals surface area contributed by atoms with E-state index >= 15 is 0 Å². The number of ether oxygens (including phenoxy) is 1. The first-order valence-electron chi connectivity index (χ1n) is 7.32. The highest BCUT2D eigenvalue weighted by Crippen LogP contribution is 2.32. The smallest absolute Gasteiger partial charge is 0.412 e. The highest BCUT2D eigenvalue weighted by molar-refractivity contribution is 14.1. The number of aromatic hydroxyl groups is 1. The summed E-state index contributed by atoms with van der Waals surface area (Å²) >= 11 is 5.46. The summed E-state index contributed by atoms with van der Waals surface area (Å²) in [6, 6.07) is 12.2. The first-order valence-corrected chi connectivity index (χ1v) is 9.19. The number of rotatable bonds is 6. The van der Waals surface area contributed by atoms with Crippen molar-refractivity contribution in [3.05, 3.63) is 56.1 Å². The van der Waals surface area contributed by atoms with E-state index in [2.05, 4.69) is 43.8 Å². The molecule has 0 bridgehead atoms. The summed E-state index contributed by atoms with van der Waals surface area (Å²) in [5, 5.41) is 21.8. The molecule has 0 aliphatic carbocycles. The maximum absolute atomic E-state index is 12.1. The number of anilines is 1. The fraction of sp³-hybridized carbons (Fsp3) is 0.235. The number of carbonyl (C=O) groups excluding carboxylic acids is 1. The van der Waals surface area contributed by atoms with Crippen LogP contribution in [0.2, 0.25) is 0 Å². The average molecular weight is 506 g/mol. The second kappa shape index (κ2) is 9.24. The largest absolute Gasteiger partial charge is 0.508 e. The zero-order valence-electron chi connectivity index (χ0n) is 12.7. The van der Waals surface area contributed by atoms with Crippen LogP contribution in [0.4, 0.5) is 10.5 Å². The third-order valence-electron chi connectivity index (χ3n) is 3.30. The van der Waals surface area contributed by atoms with Crippen LogP contribution in [-0.2, 0) is 4.74 Å². The van der Waals surface area contributed by atoms with E-state index in [-0.39, 0.29) is 12.4 Å². The van der Waals surface area contributed by atoms with Gasteiger partial charge >= 0.3 is 6.09 Å². The monoisotopic (exact) mass is 505 g/mol. The van der Waals surface area contributed by atoms with Gasteiger partial charge in [0.1, 0.15) is 11.9 Å². The van der Waals surface area contributed by atoms with Gasteiger partial charge in [-0.3, -0.25) is 5.32 Å². The maximum Gasteiger partial charge on any atom is 0.412 e. The molecule has 0 aliphatic heterocycles. The minimum absolute atomic E-state index is 0.0150. The number of phenolic OH excluding ortho intramolecular Hbond substituents is 1. The molecule has 2 aromatic carbocycles. The SMILES string of the molecule is O=C(Nc1ccc(Br)cc1)O[C@H](CCCO)c1cc(I)ccc1O. The lowest BCUT2D eigenvalue weighted by Crippen LogP contribution is -2.18. The lowest BCUT2D eigenvalue weighted by Gasteiger charge is -2.19. The second-order valence-corrected chi connectivity index (χ2v) is 7.26. The Kier molecular flexibility index (Phi) is 7.32. The summed E-state index contributed by atoms with van der Waals surface area (Å²) in [4.78, 5) is 12.1. The van der Waals surface area contributed by atoms with Gasteiger partial charge in [0.25, 0.3) is 0 Å². The molecule has 0 aromatic heterocycles. The Hall–Kier alpha value is -1.32. The molecule has 1 atom stereocenters. The number of hydrogen-bond donors (Lipinski definition) is 3. The van der Waals surface area contributed by atoms with Gasteiger partial charge in [0.2, 0.25) is 0 Å². The van der Waals surface area contributed by atoms with Gasteiger partial charge in [0.15, 0.2) is 0 Å². The summed E-state index contributed by atoms with van der Waals surface area (Å²) in [5.74, 6) is 0.0646. The molecule has 1 amide bonds. The van der Waals surface area contributed by atoms with Gasteiger partial charge in [0.05, 0.1) is 0 Å². The fourth-order valence-corrected chi connectivity index (χ4v) is 2.93. The summed E-state index contributed by atoms with van der Waals surface area (Å²) in [7, 11) is 0. The molecule has 5 nitrogen and oxygen atoms in total. The molecular weight excluding hydrogens is 489 g/mol. The Bertz CT molecular complexity index is 693. The molecule has 0 spiro atoms. The molecule has 0 unspecified atom stereocenters. The number of nitrogens with one attached hydrogen (secondary N) is 1. The first-order chi connectivity index (χ1) is 11.5. The maximum atomic E-state index is 12.1. The average Bonchev–Trinajstić information content (AvgIpc) is 2.56. The van der Waals surface area contributed by atoms with Crippen molar-refractivity contribution in [3.63, 3.8) is 0 Å². The highest BCUT2D eigenvalue weighted by Gasteiger charge is 2.20. The van der Waals surface area contributed by atoms with Gasteiger partial charge < -0.3 is 14.9 Å². The van der Waals surface area contributed by atoms with Crippen molar-refractivity contribution < 1.29 is 19.7 Å². The molecule has 3 N–H and O–H groups in total. The Morgan fingerprint density at radius 3 is 2.62 bits per heavy atom. The topological polar surface area (TPSA) is 78.8 Å². The third-order valence-corrected chi connectivity index (χ3v) is 4.50. The Morgan fingerprint density at radius 2 is 1.96 bits per heavy atom. The lowest BCUT2D eigenvalue weighted by atomic mass is 10.0. The van der Waals surface area contributed by atoms with Crippen molar-refractivity contribution in [2.45, 2.75) is 18.9 Å². The van der Waals surface area contributed by atoms with Crippen molar-refractivity contribution in [2.24, 2.45) is 0 Å². The molecule has 24 heavy (non-hydrogen) atoms. The molecule has 0 saturated carbocycles. The van der Waals surface area contributed by atoms with E-state index in [0.29, 0.717) is 24.1 Å². The quantitative estimate of drug-likeness (QED) is 0.492. The van der Waals surface area contributed by atoms with E-state index in [0.717, 1.165) is 8.04 Å². The van der Waals surface area contributed by atoms with Crippen molar-refractivity contribution in [3.8, 4) is 5.75 Å².